The van der Waals surface area contributed by atoms with Crippen molar-refractivity contribution in [3.63, 3.8) is 0 Å². The van der Waals surface area contributed by atoms with Gasteiger partial charge in [0.25, 0.3) is 0 Å². The molecule has 3 nitrogen and oxygen atoms in total. The van der Waals surface area contributed by atoms with Gasteiger partial charge in [-0.3, -0.25) is 4.79 Å². The van der Waals surface area contributed by atoms with Crippen LogP contribution >= 0.6 is 0 Å². The van der Waals surface area contributed by atoms with E-state index >= 15 is 0 Å². The number of aliphatic carboxylic acids is 1. The molecule has 1 rings (SSSR count). The summed E-state index contributed by atoms with van der Waals surface area (Å²) in [4.78, 5) is 11.3. The Morgan fingerprint density at radius 1 is 1.16 bits per heavy atom. The Balaban J connectivity index is 2.28. The second-order valence-corrected chi connectivity index (χ2v) is 4.96. The van der Waals surface area contributed by atoms with Crippen LogP contribution < -0.4 is 5.32 Å². The maximum Gasteiger partial charge on any atom is 0.323 e. The van der Waals surface area contributed by atoms with Crippen molar-refractivity contribution in [2.45, 2.75) is 51.5 Å². The Hall–Kier alpha value is -1.35. The Bertz CT molecular complexity index is 372. The molecule has 0 bridgehead atoms. The summed E-state index contributed by atoms with van der Waals surface area (Å²) >= 11 is 0. The summed E-state index contributed by atoms with van der Waals surface area (Å²) in [6.45, 7) is 4.62. The number of benzene rings is 1. The molecule has 2 N–H and O–H groups in total. The van der Waals surface area contributed by atoms with Gasteiger partial charge in [-0.2, -0.15) is 0 Å². The van der Waals surface area contributed by atoms with E-state index in [0.29, 0.717) is 12.8 Å². The molecular weight excluding hydrogens is 238 g/mol. The second kappa shape index (κ2) is 7.95. The van der Waals surface area contributed by atoms with Crippen molar-refractivity contribution < 1.29 is 9.90 Å². The van der Waals surface area contributed by atoms with E-state index in [2.05, 4.69) is 29.6 Å². The summed E-state index contributed by atoms with van der Waals surface area (Å²) in [7, 11) is 0. The first-order valence-corrected chi connectivity index (χ1v) is 7.17. The molecule has 0 aliphatic rings. The predicted octanol–water partition coefficient (Wildman–Crippen LogP) is 3.24. The van der Waals surface area contributed by atoms with Crippen LogP contribution in [0.4, 0.5) is 0 Å². The first-order valence-electron chi connectivity index (χ1n) is 7.17. The van der Waals surface area contributed by atoms with Crippen molar-refractivity contribution in [1.82, 2.24) is 5.32 Å². The van der Waals surface area contributed by atoms with E-state index in [-0.39, 0.29) is 0 Å². The molecule has 3 heteroatoms. The molecule has 106 valence electrons. The van der Waals surface area contributed by atoms with Gasteiger partial charge in [0.15, 0.2) is 0 Å². The fraction of sp³-hybridized carbons (Fsp3) is 0.562. The van der Waals surface area contributed by atoms with Crippen molar-refractivity contribution in [3.05, 3.63) is 35.9 Å². The third-order valence-corrected chi connectivity index (χ3v) is 3.81. The Labute approximate surface area is 116 Å². The highest BCUT2D eigenvalue weighted by atomic mass is 16.4. The summed E-state index contributed by atoms with van der Waals surface area (Å²) in [5.74, 6) is -0.736. The molecule has 0 radical (unpaired) electrons. The molecule has 0 aliphatic heterocycles. The van der Waals surface area contributed by atoms with Gasteiger partial charge in [-0.05, 0) is 44.2 Å². The quantitative estimate of drug-likeness (QED) is 0.672. The molecule has 0 atom stereocenters. The summed E-state index contributed by atoms with van der Waals surface area (Å²) < 4.78 is 0. The van der Waals surface area contributed by atoms with Crippen LogP contribution in [0, 0.1) is 0 Å². The number of rotatable bonds is 9. The first kappa shape index (κ1) is 15.7. The lowest BCUT2D eigenvalue weighted by Gasteiger charge is -2.28. The lowest BCUT2D eigenvalue weighted by atomic mass is 9.93. The molecule has 0 fully saturated rings. The minimum Gasteiger partial charge on any atom is -0.480 e. The van der Waals surface area contributed by atoms with Gasteiger partial charge in [0, 0.05) is 0 Å². The maximum absolute atomic E-state index is 11.3. The lowest BCUT2D eigenvalue weighted by Crippen LogP contribution is -2.51. The Kier molecular flexibility index (Phi) is 6.57. The van der Waals surface area contributed by atoms with Crippen LogP contribution in [0.5, 0.6) is 0 Å². The second-order valence-electron chi connectivity index (χ2n) is 4.96. The molecule has 0 saturated carbocycles. The van der Waals surface area contributed by atoms with Crippen molar-refractivity contribution >= 4 is 5.97 Å². The van der Waals surface area contributed by atoms with Crippen LogP contribution in [0.3, 0.4) is 0 Å². The summed E-state index contributed by atoms with van der Waals surface area (Å²) in [5, 5.41) is 12.5. The third-order valence-electron chi connectivity index (χ3n) is 3.81. The monoisotopic (exact) mass is 263 g/mol. The molecule has 19 heavy (non-hydrogen) atoms. The molecule has 1 aromatic carbocycles. The van der Waals surface area contributed by atoms with Crippen LogP contribution in [0.2, 0.25) is 0 Å². The van der Waals surface area contributed by atoms with E-state index in [4.69, 9.17) is 0 Å². The van der Waals surface area contributed by atoms with Crippen LogP contribution in [-0.2, 0) is 11.2 Å². The zero-order valence-corrected chi connectivity index (χ0v) is 12.0. The molecule has 0 saturated heterocycles. The molecule has 0 amide bonds. The van der Waals surface area contributed by atoms with Gasteiger partial charge in [0.1, 0.15) is 5.54 Å². The standard InChI is InChI=1S/C16H25NO2/c1-3-16(4-2,15(18)19)17-13-9-8-12-14-10-6-5-7-11-14/h5-7,10-11,17H,3-4,8-9,12-13H2,1-2H3,(H,18,19). The average molecular weight is 263 g/mol. The SMILES string of the molecule is CCC(CC)(NCCCCc1ccccc1)C(=O)O. The van der Waals surface area contributed by atoms with Crippen LogP contribution in [0.1, 0.15) is 45.1 Å². The van der Waals surface area contributed by atoms with Crippen LogP contribution in [0.15, 0.2) is 30.3 Å². The minimum absolute atomic E-state index is 0.623. The number of hydrogen-bond donors (Lipinski definition) is 2. The van der Waals surface area contributed by atoms with E-state index in [0.717, 1.165) is 25.8 Å². The highest BCUT2D eigenvalue weighted by Crippen LogP contribution is 2.15. The van der Waals surface area contributed by atoms with Crippen molar-refractivity contribution in [2.24, 2.45) is 0 Å². The molecular formula is C16H25NO2. The molecule has 0 spiro atoms. The number of unbranched alkanes of at least 4 members (excludes halogenated alkanes) is 1. The molecule has 0 aliphatic carbocycles. The largest absolute Gasteiger partial charge is 0.480 e. The summed E-state index contributed by atoms with van der Waals surface area (Å²) in [5.41, 5.74) is 0.602. The highest BCUT2D eigenvalue weighted by molar-refractivity contribution is 5.78. The first-order chi connectivity index (χ1) is 9.14. The van der Waals surface area contributed by atoms with E-state index in [9.17, 15) is 9.90 Å². The van der Waals surface area contributed by atoms with Crippen LogP contribution in [0.25, 0.3) is 0 Å². The van der Waals surface area contributed by atoms with Gasteiger partial charge in [0.2, 0.25) is 0 Å². The van der Waals surface area contributed by atoms with Gasteiger partial charge in [-0.25, -0.2) is 0 Å². The molecule has 0 unspecified atom stereocenters. The molecule has 0 aromatic heterocycles. The van der Waals surface area contributed by atoms with E-state index < -0.39 is 11.5 Å². The van der Waals surface area contributed by atoms with Crippen LogP contribution in [-0.4, -0.2) is 23.2 Å². The zero-order valence-electron chi connectivity index (χ0n) is 12.0. The zero-order chi connectivity index (χ0) is 14.1. The summed E-state index contributed by atoms with van der Waals surface area (Å²) in [6.07, 6.45) is 4.39. The normalized spacial score (nSPS) is 11.5. The number of carboxylic acids is 1. The van der Waals surface area contributed by atoms with E-state index in [1.54, 1.807) is 0 Å². The average Bonchev–Trinajstić information content (AvgIpc) is 2.44. The lowest BCUT2D eigenvalue weighted by molar-refractivity contribution is -0.145. The van der Waals surface area contributed by atoms with Gasteiger partial charge in [-0.1, -0.05) is 44.2 Å². The number of hydrogen-bond acceptors (Lipinski definition) is 2. The van der Waals surface area contributed by atoms with E-state index in [1.165, 1.54) is 5.56 Å². The van der Waals surface area contributed by atoms with Gasteiger partial charge in [0.05, 0.1) is 0 Å². The maximum atomic E-state index is 11.3. The third kappa shape index (κ3) is 4.67. The van der Waals surface area contributed by atoms with Gasteiger partial charge < -0.3 is 10.4 Å². The smallest absolute Gasteiger partial charge is 0.323 e. The van der Waals surface area contributed by atoms with Gasteiger partial charge >= 0.3 is 5.97 Å². The predicted molar refractivity (Wildman–Crippen MR) is 78.3 cm³/mol. The Morgan fingerprint density at radius 2 is 1.79 bits per heavy atom. The number of nitrogens with one attached hydrogen (secondary N) is 1. The fourth-order valence-corrected chi connectivity index (χ4v) is 2.30. The number of aryl methyl sites for hydroxylation is 1. The summed E-state index contributed by atoms with van der Waals surface area (Å²) in [6, 6.07) is 10.4. The van der Waals surface area contributed by atoms with Gasteiger partial charge in [-0.15, -0.1) is 0 Å². The van der Waals surface area contributed by atoms with Crippen molar-refractivity contribution in [1.29, 1.82) is 0 Å². The Morgan fingerprint density at radius 3 is 2.32 bits per heavy atom. The highest BCUT2D eigenvalue weighted by Gasteiger charge is 2.33. The number of carboxylic acid groups (broad SMARTS) is 1. The molecule has 1 aromatic rings. The van der Waals surface area contributed by atoms with Crippen molar-refractivity contribution in [3.8, 4) is 0 Å². The number of carbonyl (C=O) groups is 1. The van der Waals surface area contributed by atoms with Crippen molar-refractivity contribution in [2.75, 3.05) is 6.54 Å². The molecule has 0 heterocycles. The fourth-order valence-electron chi connectivity index (χ4n) is 2.30. The minimum atomic E-state index is -0.743. The topological polar surface area (TPSA) is 49.3 Å². The van der Waals surface area contributed by atoms with E-state index in [1.807, 2.05) is 19.9 Å².